The quantitative estimate of drug-likeness (QED) is 0.892. The molecule has 0 bridgehead atoms. The summed E-state index contributed by atoms with van der Waals surface area (Å²) in [7, 11) is 0. The molecule has 24 heavy (non-hydrogen) atoms. The van der Waals surface area contributed by atoms with Gasteiger partial charge in [-0.1, -0.05) is 19.0 Å². The van der Waals surface area contributed by atoms with Crippen LogP contribution in [0.4, 0.5) is 0 Å². The van der Waals surface area contributed by atoms with E-state index in [-0.39, 0.29) is 17.4 Å². The highest BCUT2D eigenvalue weighted by molar-refractivity contribution is 5.93. The first-order valence-corrected chi connectivity index (χ1v) is 8.06. The molecule has 0 saturated carbocycles. The zero-order valence-electron chi connectivity index (χ0n) is 13.9. The number of hydrogen-bond donors (Lipinski definition) is 1. The second-order valence-corrected chi connectivity index (χ2v) is 6.21. The Hall–Kier alpha value is -2.48. The minimum Gasteiger partial charge on any atom is -0.338 e. The zero-order valence-corrected chi connectivity index (χ0v) is 13.9. The van der Waals surface area contributed by atoms with E-state index in [2.05, 4.69) is 20.0 Å². The molecular formula is C16H21N5O3. The van der Waals surface area contributed by atoms with E-state index < -0.39 is 0 Å². The number of H-pyrrole nitrogens is 1. The fourth-order valence-electron chi connectivity index (χ4n) is 2.59. The summed E-state index contributed by atoms with van der Waals surface area (Å²) >= 11 is 0. The number of carbonyl (C=O) groups excluding carboxylic acids is 1. The maximum Gasteiger partial charge on any atom is 0.255 e. The Balaban J connectivity index is 1.54. The number of nitrogens with one attached hydrogen (secondary N) is 1. The summed E-state index contributed by atoms with van der Waals surface area (Å²) in [5, 5.41) is 3.96. The molecule has 1 N–H and O–H groups in total. The maximum absolute atomic E-state index is 12.4. The van der Waals surface area contributed by atoms with Crippen molar-refractivity contribution >= 4 is 5.91 Å². The number of piperazine rings is 1. The van der Waals surface area contributed by atoms with Gasteiger partial charge in [-0.3, -0.25) is 14.5 Å². The van der Waals surface area contributed by atoms with Gasteiger partial charge in [-0.25, -0.2) is 0 Å². The summed E-state index contributed by atoms with van der Waals surface area (Å²) in [6.07, 6.45) is 1.46. The van der Waals surface area contributed by atoms with Crippen LogP contribution >= 0.6 is 0 Å². The largest absolute Gasteiger partial charge is 0.338 e. The third-order valence-electron chi connectivity index (χ3n) is 4.05. The standard InChI is InChI=1S/C16H21N5O3/c1-11(2)15-18-14(24-19-15)10-20-5-7-21(8-6-20)16(23)12-3-4-13(22)17-9-12/h3-4,9,11H,5-8,10H2,1-2H3,(H,17,22). The van der Waals surface area contributed by atoms with Crippen molar-refractivity contribution in [1.29, 1.82) is 0 Å². The monoisotopic (exact) mass is 331 g/mol. The van der Waals surface area contributed by atoms with Crippen LogP contribution in [-0.2, 0) is 6.54 Å². The maximum atomic E-state index is 12.4. The number of pyridine rings is 1. The van der Waals surface area contributed by atoms with Crippen molar-refractivity contribution in [2.75, 3.05) is 26.2 Å². The van der Waals surface area contributed by atoms with E-state index in [0.29, 0.717) is 31.1 Å². The van der Waals surface area contributed by atoms with Crippen LogP contribution in [0.5, 0.6) is 0 Å². The normalized spacial score (nSPS) is 15.9. The van der Waals surface area contributed by atoms with Gasteiger partial charge in [-0.2, -0.15) is 4.98 Å². The van der Waals surface area contributed by atoms with Crippen LogP contribution < -0.4 is 5.56 Å². The van der Waals surface area contributed by atoms with E-state index in [9.17, 15) is 9.59 Å². The number of nitrogens with zero attached hydrogens (tertiary/aromatic N) is 4. The van der Waals surface area contributed by atoms with Gasteiger partial charge in [0.05, 0.1) is 12.1 Å². The van der Waals surface area contributed by atoms with Gasteiger partial charge in [0.2, 0.25) is 11.4 Å². The Morgan fingerprint density at radius 3 is 2.62 bits per heavy atom. The second-order valence-electron chi connectivity index (χ2n) is 6.21. The van der Waals surface area contributed by atoms with E-state index >= 15 is 0 Å². The molecule has 0 spiro atoms. The number of amides is 1. The predicted octanol–water partition coefficient (Wildman–Crippen LogP) is 0.839. The molecule has 128 valence electrons. The van der Waals surface area contributed by atoms with Crippen LogP contribution in [0.3, 0.4) is 0 Å². The van der Waals surface area contributed by atoms with Crippen LogP contribution in [0.15, 0.2) is 27.6 Å². The topological polar surface area (TPSA) is 95.3 Å². The highest BCUT2D eigenvalue weighted by atomic mass is 16.5. The lowest BCUT2D eigenvalue weighted by Crippen LogP contribution is -2.48. The van der Waals surface area contributed by atoms with Crippen LogP contribution in [-0.4, -0.2) is 57.0 Å². The minimum absolute atomic E-state index is 0.0641. The lowest BCUT2D eigenvalue weighted by molar-refractivity contribution is 0.0614. The first kappa shape index (κ1) is 16.4. The van der Waals surface area contributed by atoms with Gasteiger partial charge in [-0.05, 0) is 6.07 Å². The van der Waals surface area contributed by atoms with Gasteiger partial charge in [0.15, 0.2) is 5.82 Å². The van der Waals surface area contributed by atoms with Crippen molar-refractivity contribution in [1.82, 2.24) is 24.9 Å². The van der Waals surface area contributed by atoms with Gasteiger partial charge in [0, 0.05) is 44.4 Å². The Morgan fingerprint density at radius 1 is 1.29 bits per heavy atom. The smallest absolute Gasteiger partial charge is 0.255 e. The SMILES string of the molecule is CC(C)c1noc(CN2CCN(C(=O)c3ccc(=O)[nH]c3)CC2)n1. The third kappa shape index (κ3) is 3.70. The fraction of sp³-hybridized carbons (Fsp3) is 0.500. The van der Waals surface area contributed by atoms with Gasteiger partial charge in [0.1, 0.15) is 0 Å². The summed E-state index contributed by atoms with van der Waals surface area (Å²) in [6.45, 7) is 7.39. The van der Waals surface area contributed by atoms with Gasteiger partial charge in [-0.15, -0.1) is 0 Å². The molecule has 0 atom stereocenters. The molecule has 0 aromatic carbocycles. The average molecular weight is 331 g/mol. The van der Waals surface area contributed by atoms with Crippen LogP contribution in [0.1, 0.15) is 41.8 Å². The van der Waals surface area contributed by atoms with Crippen LogP contribution in [0.25, 0.3) is 0 Å². The Bertz CT molecular complexity index is 739. The number of hydrogen-bond acceptors (Lipinski definition) is 6. The summed E-state index contributed by atoms with van der Waals surface area (Å²) in [6, 6.07) is 2.92. The van der Waals surface area contributed by atoms with Crippen molar-refractivity contribution in [2.45, 2.75) is 26.3 Å². The first-order valence-electron chi connectivity index (χ1n) is 8.06. The van der Waals surface area contributed by atoms with Crippen LogP contribution in [0, 0.1) is 0 Å². The van der Waals surface area contributed by atoms with Crippen molar-refractivity contribution in [3.63, 3.8) is 0 Å². The van der Waals surface area contributed by atoms with Crippen LogP contribution in [0.2, 0.25) is 0 Å². The molecule has 0 unspecified atom stereocenters. The Kier molecular flexibility index (Phi) is 4.75. The van der Waals surface area contributed by atoms with E-state index in [1.54, 1.807) is 11.0 Å². The number of carbonyl (C=O) groups is 1. The molecule has 2 aromatic heterocycles. The lowest BCUT2D eigenvalue weighted by atomic mass is 10.2. The molecule has 1 aliphatic rings. The molecule has 8 nitrogen and oxygen atoms in total. The first-order chi connectivity index (χ1) is 11.5. The highest BCUT2D eigenvalue weighted by Gasteiger charge is 2.23. The fourth-order valence-corrected chi connectivity index (χ4v) is 2.59. The number of rotatable bonds is 4. The van der Waals surface area contributed by atoms with Crippen molar-refractivity contribution < 1.29 is 9.32 Å². The molecule has 0 aliphatic carbocycles. The third-order valence-corrected chi connectivity index (χ3v) is 4.05. The minimum atomic E-state index is -0.211. The van der Waals surface area contributed by atoms with Crippen molar-refractivity contribution in [3.8, 4) is 0 Å². The van der Waals surface area contributed by atoms with E-state index in [1.807, 2.05) is 13.8 Å². The average Bonchev–Trinajstić information content (AvgIpc) is 3.04. The summed E-state index contributed by atoms with van der Waals surface area (Å²) in [5.41, 5.74) is 0.290. The lowest BCUT2D eigenvalue weighted by Gasteiger charge is -2.33. The molecule has 1 saturated heterocycles. The van der Waals surface area contributed by atoms with E-state index in [4.69, 9.17) is 4.52 Å². The zero-order chi connectivity index (χ0) is 17.1. The molecule has 2 aromatic rings. The Morgan fingerprint density at radius 2 is 2.04 bits per heavy atom. The van der Waals surface area contributed by atoms with Gasteiger partial charge >= 0.3 is 0 Å². The molecule has 1 aliphatic heterocycles. The van der Waals surface area contributed by atoms with Crippen molar-refractivity contribution in [3.05, 3.63) is 46.0 Å². The molecule has 0 radical (unpaired) electrons. The van der Waals surface area contributed by atoms with Gasteiger partial charge in [0.25, 0.3) is 5.91 Å². The molecule has 1 amide bonds. The molecule has 3 rings (SSSR count). The van der Waals surface area contributed by atoms with Gasteiger partial charge < -0.3 is 14.4 Å². The number of aromatic amines is 1. The predicted molar refractivity (Wildman–Crippen MR) is 86.6 cm³/mol. The summed E-state index contributed by atoms with van der Waals surface area (Å²) < 4.78 is 5.27. The van der Waals surface area contributed by atoms with E-state index in [1.165, 1.54) is 12.3 Å². The number of aromatic nitrogens is 3. The highest BCUT2D eigenvalue weighted by Crippen LogP contribution is 2.13. The van der Waals surface area contributed by atoms with E-state index in [0.717, 1.165) is 18.9 Å². The molecule has 8 heteroatoms. The van der Waals surface area contributed by atoms with Crippen molar-refractivity contribution in [2.24, 2.45) is 0 Å². The molecular weight excluding hydrogens is 310 g/mol. The summed E-state index contributed by atoms with van der Waals surface area (Å²) in [4.78, 5) is 34.4. The molecule has 1 fully saturated rings. The Labute approximate surface area is 139 Å². The molecule has 3 heterocycles. The second kappa shape index (κ2) is 6.96. The summed E-state index contributed by atoms with van der Waals surface area (Å²) in [5.74, 6) is 1.51.